The number of ether oxygens (including phenoxy) is 1. The van der Waals surface area contributed by atoms with Crippen molar-refractivity contribution in [1.82, 2.24) is 25.5 Å². The van der Waals surface area contributed by atoms with Crippen molar-refractivity contribution in [3.8, 4) is 0 Å². The zero-order valence-corrected chi connectivity index (χ0v) is 54.3. The average Bonchev–Trinajstić information content (AvgIpc) is 1.53. The first-order valence-electron chi connectivity index (χ1n) is 30.8. The number of phosphoric ester groups is 1. The number of carbonyl (C=O) groups is 7. The number of allylic oxidation sites excluding steroid dienone is 7. The van der Waals surface area contributed by atoms with Crippen molar-refractivity contribution in [2.75, 3.05) is 13.2 Å². The Labute approximate surface area is 524 Å². The van der Waals surface area contributed by atoms with Crippen LogP contribution in [0.5, 0.6) is 0 Å². The minimum Gasteiger partial charge on any atom is -0.394 e. The molecule has 0 radical (unpaired) electrons. The summed E-state index contributed by atoms with van der Waals surface area (Å²) in [7, 11) is -5.06. The van der Waals surface area contributed by atoms with Crippen molar-refractivity contribution in [2.45, 2.75) is 195 Å². The fraction of sp³-hybridized carbons (Fsp3) is 0.635. The van der Waals surface area contributed by atoms with Crippen LogP contribution in [0.2, 0.25) is 0 Å². The lowest BCUT2D eigenvalue weighted by Crippen LogP contribution is -2.61. The molecule has 18 N–H and O–H groups in total. The van der Waals surface area contributed by atoms with Gasteiger partial charge in [-0.3, -0.25) is 52.9 Å². The van der Waals surface area contributed by atoms with E-state index in [1.807, 2.05) is 87.4 Å². The van der Waals surface area contributed by atoms with Gasteiger partial charge in [-0.2, -0.15) is 0 Å². The van der Waals surface area contributed by atoms with E-state index in [9.17, 15) is 53.2 Å². The van der Waals surface area contributed by atoms with E-state index >= 15 is 0 Å². The number of imidazole rings is 1. The molecule has 3 fully saturated rings. The van der Waals surface area contributed by atoms with E-state index in [0.717, 1.165) is 11.1 Å². The molecule has 90 heavy (non-hydrogen) atoms. The fourth-order valence-corrected chi connectivity index (χ4v) is 17.1. The van der Waals surface area contributed by atoms with Crippen molar-refractivity contribution in [3.63, 3.8) is 0 Å². The number of aliphatic imine (C=N–C) groups is 1. The number of hydrogen-bond donors (Lipinski definition) is 12. The summed E-state index contributed by atoms with van der Waals surface area (Å²) in [5.41, 5.74) is 38.2. The molecule has 8 rings (SSSR count). The molecule has 16 atom stereocenters. The van der Waals surface area contributed by atoms with Crippen LogP contribution in [0.1, 0.15) is 150 Å². The third kappa shape index (κ3) is 13.1. The molecular formula is C63H92N12O14P+. The highest BCUT2D eigenvalue weighted by atomic mass is 31.2. The minimum absolute atomic E-state index is 0.0128. The maximum atomic E-state index is 14.4. The van der Waals surface area contributed by atoms with E-state index in [4.69, 9.17) is 53.2 Å². The average molecular weight is 1270 g/mol. The van der Waals surface area contributed by atoms with E-state index in [1.54, 1.807) is 4.57 Å². The summed E-state index contributed by atoms with van der Waals surface area (Å²) >= 11 is 0. The number of phosphoric acid groups is 1. The topological polar surface area (TPSA) is 447 Å². The van der Waals surface area contributed by atoms with E-state index in [1.165, 1.54) is 13.3 Å². The van der Waals surface area contributed by atoms with Crippen molar-refractivity contribution >= 4 is 65.9 Å². The first-order valence-corrected chi connectivity index (χ1v) is 32.3. The van der Waals surface area contributed by atoms with Gasteiger partial charge in [0.2, 0.25) is 41.4 Å². The summed E-state index contributed by atoms with van der Waals surface area (Å²) in [6.45, 7) is 19.7. The van der Waals surface area contributed by atoms with Gasteiger partial charge < -0.3 is 69.4 Å². The maximum absolute atomic E-state index is 14.4. The van der Waals surface area contributed by atoms with Crippen molar-refractivity contribution in [3.05, 3.63) is 75.4 Å². The second kappa shape index (κ2) is 25.7. The molecule has 0 saturated carbocycles. The van der Waals surface area contributed by atoms with E-state index in [2.05, 4.69) is 27.0 Å². The zero-order chi connectivity index (χ0) is 66.7. The molecule has 492 valence electrons. The Morgan fingerprint density at radius 3 is 2.03 bits per heavy atom. The molecule has 7 amide bonds. The lowest BCUT2D eigenvalue weighted by molar-refractivity contribution is -0.124. The number of amides is 7. The quantitative estimate of drug-likeness (QED) is 0.0476. The smallest absolute Gasteiger partial charge is 0.394 e. The van der Waals surface area contributed by atoms with Gasteiger partial charge in [-0.1, -0.05) is 34.6 Å². The van der Waals surface area contributed by atoms with Crippen LogP contribution in [0.25, 0.3) is 11.0 Å². The number of carbonyl (C=O) groups excluding carboxylic acids is 7. The third-order valence-corrected chi connectivity index (χ3v) is 22.2. The van der Waals surface area contributed by atoms with Crippen LogP contribution in [-0.2, 0) is 51.9 Å². The normalized spacial score (nSPS) is 32.8. The summed E-state index contributed by atoms with van der Waals surface area (Å²) in [4.78, 5) is 115. The Morgan fingerprint density at radius 1 is 0.822 bits per heavy atom. The Hall–Kier alpha value is -6.73. The maximum Gasteiger partial charge on any atom is 0.472 e. The molecule has 5 aliphatic heterocycles. The summed E-state index contributed by atoms with van der Waals surface area (Å²) in [5.74, 6) is -6.68. The summed E-state index contributed by atoms with van der Waals surface area (Å²) < 4.78 is 32.3. The Morgan fingerprint density at radius 2 is 1.43 bits per heavy atom. The molecule has 0 spiro atoms. The number of primary amides is 6. The van der Waals surface area contributed by atoms with Gasteiger partial charge in [-0.15, -0.1) is 0 Å². The van der Waals surface area contributed by atoms with Crippen LogP contribution in [0.3, 0.4) is 0 Å². The highest BCUT2D eigenvalue weighted by Gasteiger charge is 2.68. The van der Waals surface area contributed by atoms with Gasteiger partial charge in [0.25, 0.3) is 0 Å². The van der Waals surface area contributed by atoms with E-state index in [0.29, 0.717) is 50.4 Å². The number of benzene rings is 1. The monoisotopic (exact) mass is 1270 g/mol. The number of aliphatic hydroxyl groups is 2. The van der Waals surface area contributed by atoms with Gasteiger partial charge >= 0.3 is 7.82 Å². The van der Waals surface area contributed by atoms with Gasteiger partial charge in [0, 0.05) is 126 Å². The largest absolute Gasteiger partial charge is 0.472 e. The number of hydrogen-bond acceptors (Lipinski definition) is 17. The number of aryl methyl sites for hydroxylation is 2. The zero-order valence-electron chi connectivity index (χ0n) is 53.4. The number of nitrogens with two attached hydrogens (primary N) is 6. The van der Waals surface area contributed by atoms with Crippen LogP contribution in [0.15, 0.2) is 63.2 Å². The molecule has 1 aliphatic carbocycles. The Kier molecular flexibility index (Phi) is 19.8. The Bertz CT molecular complexity index is 3470. The number of aromatic nitrogens is 2. The number of aliphatic hydroxyl groups excluding tert-OH is 2. The SMILES string of the molecule is CC1=C2NC(=CC3=[C+]C(=C(C)C4N[C@@](C)([C@@H]5N=C1[C@](C)(CCC(=O)NC[C@H](C)OP(=O)(O)OC1C(O)[C@@H](n6cnc7cc(C)c(C)cc76)O[C@H]1CO)[C@H]5CC(N)=O)[C@@](C)(CC(N)=O)[C@@H]4CCC(N)=O)[C@@](C)(CC(N)=O)[C@@H]3CCC(N)=O)C(C)(C)[C@@H]2CCC(N)=O. The van der Waals surface area contributed by atoms with Crippen LogP contribution in [0, 0.1) is 65.3 Å². The molecule has 6 aliphatic rings. The second-order valence-electron chi connectivity index (χ2n) is 27.4. The molecule has 1 aromatic heterocycles. The number of rotatable bonds is 26. The van der Waals surface area contributed by atoms with Crippen LogP contribution >= 0.6 is 7.82 Å². The molecule has 26 nitrogen and oxygen atoms in total. The third-order valence-electron chi connectivity index (χ3n) is 21.1. The van der Waals surface area contributed by atoms with Gasteiger partial charge in [-0.25, -0.2) is 9.55 Å². The highest BCUT2D eigenvalue weighted by Crippen LogP contribution is 2.63. The Balaban J connectivity index is 1.18. The number of nitrogens with one attached hydrogen (secondary N) is 3. The summed E-state index contributed by atoms with van der Waals surface area (Å²) in [5, 5.41) is 32.3. The highest BCUT2D eigenvalue weighted by molar-refractivity contribution is 7.47. The van der Waals surface area contributed by atoms with Gasteiger partial charge in [0.1, 0.15) is 29.5 Å². The van der Waals surface area contributed by atoms with Gasteiger partial charge in [0.15, 0.2) is 6.23 Å². The van der Waals surface area contributed by atoms with E-state index < -0.39 is 149 Å². The van der Waals surface area contributed by atoms with Crippen LogP contribution in [-0.4, -0.2) is 127 Å². The molecule has 2 aromatic rings. The second-order valence-corrected chi connectivity index (χ2v) is 28.8. The van der Waals surface area contributed by atoms with Crippen molar-refractivity contribution < 1.29 is 67.0 Å². The predicted molar refractivity (Wildman–Crippen MR) is 332 cm³/mol. The molecule has 6 heterocycles. The lowest BCUT2D eigenvalue weighted by Gasteiger charge is -2.49. The van der Waals surface area contributed by atoms with Gasteiger partial charge in [-0.05, 0) is 95.1 Å². The molecular weight excluding hydrogens is 1180 g/mol. The lowest BCUT2D eigenvalue weighted by atomic mass is 9.56. The fourth-order valence-electron chi connectivity index (χ4n) is 16.0. The van der Waals surface area contributed by atoms with Gasteiger partial charge in [0.05, 0.1) is 53.9 Å². The summed E-state index contributed by atoms with van der Waals surface area (Å²) in [6, 6.07) is 2.07. The van der Waals surface area contributed by atoms with Crippen LogP contribution in [0.4, 0.5) is 0 Å². The minimum atomic E-state index is -5.06. The van der Waals surface area contributed by atoms with Crippen LogP contribution < -0.4 is 50.4 Å². The number of fused-ring (bicyclic) bond motifs is 8. The standard InChI is InChI=1S/C63H91N12O14P/c1-30-20-41-42(21-31(30)2)75(29-71-41)58-54(84)55(43(28-76)87-58)89-90(85,86)88-32(3)27-70-51(83)18-19-60(8)40(24-48(67)80)57-63(11)62(10,26-50(69)82)38(14-17-47(66)79)53(74-63)33(4)39-22-35(36(12-15-45(64)77)61(39,9)25-49(68)81)23-44-59(6,7)37(13-16-46(65)78)52(72-44)34(5)56(60)73-57/h20-21,23,29,32,36-38,40,43,53-55,57-58,74,76,84H,12-19,24-28H2,1-11H3,(H14-,64,65,66,67,68,69,70,72,73,77,78,79,80,81,82,83,85,86)/p+1/t32-,36+,37+,38+,40-,43-,53?,54?,55?,57+,58-,60+,61-,62-,63-/m0/s1. The summed E-state index contributed by atoms with van der Waals surface area (Å²) in [6.07, 6.45) is 0.0000731. The number of nitrogens with zero attached hydrogens (tertiary/aromatic N) is 3. The predicted octanol–water partition coefficient (Wildman–Crippen LogP) is 3.01. The first-order chi connectivity index (χ1) is 41.8. The van der Waals surface area contributed by atoms with Crippen molar-refractivity contribution in [1.29, 1.82) is 0 Å². The molecule has 3 saturated heterocycles. The molecule has 1 aromatic carbocycles. The molecule has 27 heteroatoms. The molecule has 8 bridgehead atoms. The van der Waals surface area contributed by atoms with Crippen molar-refractivity contribution in [2.24, 2.45) is 84.7 Å². The molecule has 4 unspecified atom stereocenters. The first kappa shape index (κ1) is 69.2. The van der Waals surface area contributed by atoms with E-state index in [-0.39, 0.29) is 77.2 Å².